The van der Waals surface area contributed by atoms with Crippen LogP contribution in [0.5, 0.6) is 0 Å². The van der Waals surface area contributed by atoms with Crippen molar-refractivity contribution in [2.75, 3.05) is 55.7 Å². The molecular weight excluding hydrogens is 430 g/mol. The molecule has 0 unspecified atom stereocenters. The molecule has 0 radical (unpaired) electrons. The summed E-state index contributed by atoms with van der Waals surface area (Å²) >= 11 is 5.09. The molecule has 0 aromatic heterocycles. The summed E-state index contributed by atoms with van der Waals surface area (Å²) in [5.41, 5.74) is -0.0826. The van der Waals surface area contributed by atoms with Crippen LogP contribution in [0.15, 0.2) is 12.1 Å². The predicted molar refractivity (Wildman–Crippen MR) is 116 cm³/mol. The van der Waals surface area contributed by atoms with Crippen molar-refractivity contribution in [2.45, 2.75) is 26.4 Å². The van der Waals surface area contributed by atoms with E-state index in [1.807, 2.05) is 6.92 Å². The Balaban J connectivity index is 1.66. The minimum atomic E-state index is -0.777. The van der Waals surface area contributed by atoms with Gasteiger partial charge < -0.3 is 24.6 Å². The minimum Gasteiger partial charge on any atom is -0.450 e. The largest absolute Gasteiger partial charge is 0.450 e. The number of halogens is 2. The fourth-order valence-corrected chi connectivity index (χ4v) is 3.61. The normalized spacial score (nSPS) is 18.8. The maximum absolute atomic E-state index is 14.9. The summed E-state index contributed by atoms with van der Waals surface area (Å²) in [5, 5.41) is 3.00. The molecule has 2 fully saturated rings. The lowest BCUT2D eigenvalue weighted by atomic mass is 10.2. The molecular formula is C20H26F2N4O4S. The summed E-state index contributed by atoms with van der Waals surface area (Å²) in [5.74, 6) is -1.55. The topological polar surface area (TPSA) is 74.3 Å². The average molecular weight is 457 g/mol. The Morgan fingerprint density at radius 1 is 1.23 bits per heavy atom. The summed E-state index contributed by atoms with van der Waals surface area (Å²) < 4.78 is 39.9. The van der Waals surface area contributed by atoms with E-state index in [9.17, 15) is 18.4 Å². The minimum absolute atomic E-state index is 0.0921. The number of amides is 2. The first-order valence-corrected chi connectivity index (χ1v) is 10.6. The van der Waals surface area contributed by atoms with Crippen LogP contribution in [0, 0.1) is 11.6 Å². The highest BCUT2D eigenvalue weighted by Gasteiger charge is 2.34. The third-order valence-corrected chi connectivity index (χ3v) is 5.59. The molecule has 2 heterocycles. The Morgan fingerprint density at radius 3 is 2.45 bits per heavy atom. The number of carbonyl (C=O) groups is 2. The van der Waals surface area contributed by atoms with Crippen LogP contribution >= 0.6 is 12.2 Å². The van der Waals surface area contributed by atoms with Crippen LogP contribution in [0.3, 0.4) is 0 Å². The number of benzene rings is 1. The number of hydrogen-bond acceptors (Lipinski definition) is 6. The van der Waals surface area contributed by atoms with Crippen molar-refractivity contribution in [3.05, 3.63) is 23.8 Å². The SMILES string of the molecule is CCOC(=O)N1CCN(c2c(F)cc(N3C[C@H](CNC(=S)CC)OC3=O)cc2F)CC1. The highest BCUT2D eigenvalue weighted by atomic mass is 32.1. The van der Waals surface area contributed by atoms with E-state index in [1.54, 1.807) is 11.8 Å². The summed E-state index contributed by atoms with van der Waals surface area (Å²) in [4.78, 5) is 28.9. The van der Waals surface area contributed by atoms with E-state index >= 15 is 0 Å². The van der Waals surface area contributed by atoms with Crippen LogP contribution in [0.25, 0.3) is 0 Å². The van der Waals surface area contributed by atoms with Gasteiger partial charge >= 0.3 is 12.2 Å². The summed E-state index contributed by atoms with van der Waals surface area (Å²) in [6, 6.07) is 2.26. The molecule has 1 aromatic carbocycles. The van der Waals surface area contributed by atoms with E-state index < -0.39 is 29.9 Å². The second-order valence-electron chi connectivity index (χ2n) is 7.21. The van der Waals surface area contributed by atoms with Crippen LogP contribution in [0.4, 0.5) is 29.7 Å². The van der Waals surface area contributed by atoms with Gasteiger partial charge in [-0.2, -0.15) is 0 Å². The molecule has 0 bridgehead atoms. The van der Waals surface area contributed by atoms with Gasteiger partial charge in [0.2, 0.25) is 0 Å². The number of piperazine rings is 1. The molecule has 8 nitrogen and oxygen atoms in total. The fraction of sp³-hybridized carbons (Fsp3) is 0.550. The first-order chi connectivity index (χ1) is 14.8. The third-order valence-electron chi connectivity index (χ3n) is 5.16. The van der Waals surface area contributed by atoms with Gasteiger partial charge in [-0.25, -0.2) is 18.4 Å². The number of carbonyl (C=O) groups excluding carboxylic acids is 2. The molecule has 3 rings (SSSR count). The van der Waals surface area contributed by atoms with Crippen molar-refractivity contribution in [3.8, 4) is 0 Å². The molecule has 0 aliphatic carbocycles. The second-order valence-corrected chi connectivity index (χ2v) is 7.70. The van der Waals surface area contributed by atoms with Crippen LogP contribution in [-0.2, 0) is 9.47 Å². The zero-order valence-corrected chi connectivity index (χ0v) is 18.3. The number of rotatable bonds is 6. The Morgan fingerprint density at radius 2 is 1.87 bits per heavy atom. The van der Waals surface area contributed by atoms with Crippen molar-refractivity contribution in [1.29, 1.82) is 0 Å². The monoisotopic (exact) mass is 456 g/mol. The van der Waals surface area contributed by atoms with Crippen molar-refractivity contribution in [3.63, 3.8) is 0 Å². The Bertz CT molecular complexity index is 825. The number of anilines is 2. The van der Waals surface area contributed by atoms with Gasteiger partial charge in [-0.1, -0.05) is 19.1 Å². The van der Waals surface area contributed by atoms with Crippen molar-refractivity contribution in [2.24, 2.45) is 0 Å². The molecule has 0 saturated carbocycles. The summed E-state index contributed by atoms with van der Waals surface area (Å²) in [7, 11) is 0. The quantitative estimate of drug-likeness (QED) is 0.660. The average Bonchev–Trinajstić information content (AvgIpc) is 3.12. The molecule has 0 spiro atoms. The first kappa shape index (κ1) is 23.0. The lowest BCUT2D eigenvalue weighted by Crippen LogP contribution is -2.49. The smallest absolute Gasteiger partial charge is 0.414 e. The molecule has 2 aliphatic heterocycles. The number of thiocarbonyl (C=S) groups is 1. The molecule has 11 heteroatoms. The standard InChI is InChI=1S/C20H26F2N4O4S/c1-3-17(31)23-11-14-12-26(20(28)30-14)13-9-15(21)18(16(22)10-13)24-5-7-25(8-6-24)19(27)29-4-2/h9-10,14H,3-8,11-12H2,1-2H3,(H,23,31)/t14-/m0/s1. The maximum Gasteiger partial charge on any atom is 0.414 e. The van der Waals surface area contributed by atoms with E-state index in [2.05, 4.69) is 5.32 Å². The molecule has 1 aromatic rings. The van der Waals surface area contributed by atoms with Crippen LogP contribution in [0.1, 0.15) is 20.3 Å². The molecule has 1 N–H and O–H groups in total. The second kappa shape index (κ2) is 10.1. The maximum atomic E-state index is 14.9. The number of ether oxygens (including phenoxy) is 2. The van der Waals surface area contributed by atoms with E-state index in [4.69, 9.17) is 21.7 Å². The van der Waals surface area contributed by atoms with Crippen molar-refractivity contribution < 1.29 is 27.8 Å². The molecule has 170 valence electrons. The zero-order valence-electron chi connectivity index (χ0n) is 17.5. The molecule has 31 heavy (non-hydrogen) atoms. The number of hydrogen-bond donors (Lipinski definition) is 1. The first-order valence-electron chi connectivity index (χ1n) is 10.2. The van der Waals surface area contributed by atoms with Crippen molar-refractivity contribution in [1.82, 2.24) is 10.2 Å². The van der Waals surface area contributed by atoms with Gasteiger partial charge in [0.05, 0.1) is 30.4 Å². The van der Waals surface area contributed by atoms with Crippen LogP contribution < -0.4 is 15.1 Å². The predicted octanol–water partition coefficient (Wildman–Crippen LogP) is 2.90. The third kappa shape index (κ3) is 5.33. The van der Waals surface area contributed by atoms with Gasteiger partial charge in [0.25, 0.3) is 0 Å². The number of nitrogens with zero attached hydrogens (tertiary/aromatic N) is 3. The Labute approximate surface area is 185 Å². The van der Waals surface area contributed by atoms with E-state index in [-0.39, 0.29) is 37.6 Å². The summed E-state index contributed by atoms with van der Waals surface area (Å²) in [6.45, 7) is 5.52. The molecule has 2 saturated heterocycles. The van der Waals surface area contributed by atoms with E-state index in [0.29, 0.717) is 31.0 Å². The highest BCUT2D eigenvalue weighted by molar-refractivity contribution is 7.80. The van der Waals surface area contributed by atoms with Crippen molar-refractivity contribution >= 4 is 40.8 Å². The van der Waals surface area contributed by atoms with Gasteiger partial charge in [0.15, 0.2) is 11.6 Å². The number of cyclic esters (lactones) is 1. The van der Waals surface area contributed by atoms with Gasteiger partial charge in [-0.3, -0.25) is 4.90 Å². The van der Waals surface area contributed by atoms with Gasteiger partial charge in [0, 0.05) is 38.3 Å². The van der Waals surface area contributed by atoms with Crippen LogP contribution in [0.2, 0.25) is 0 Å². The Kier molecular flexibility index (Phi) is 7.47. The molecule has 1 atom stereocenters. The van der Waals surface area contributed by atoms with E-state index in [1.165, 1.54) is 9.80 Å². The number of nitrogens with one attached hydrogen (secondary N) is 1. The lowest BCUT2D eigenvalue weighted by molar-refractivity contribution is 0.105. The lowest BCUT2D eigenvalue weighted by Gasteiger charge is -2.35. The zero-order chi connectivity index (χ0) is 22.5. The van der Waals surface area contributed by atoms with E-state index in [0.717, 1.165) is 12.1 Å². The molecule has 2 amide bonds. The van der Waals surface area contributed by atoms with Gasteiger partial charge in [-0.05, 0) is 13.3 Å². The van der Waals surface area contributed by atoms with Gasteiger partial charge in [-0.15, -0.1) is 0 Å². The van der Waals surface area contributed by atoms with Crippen LogP contribution in [-0.4, -0.2) is 74.1 Å². The summed E-state index contributed by atoms with van der Waals surface area (Å²) in [6.07, 6.45) is -0.900. The Hall–Kier alpha value is -2.69. The fourth-order valence-electron chi connectivity index (χ4n) is 3.53. The highest BCUT2D eigenvalue weighted by Crippen LogP contribution is 2.31. The molecule has 2 aliphatic rings. The van der Waals surface area contributed by atoms with Gasteiger partial charge in [0.1, 0.15) is 11.8 Å².